The number of nitro groups is 1. The third-order valence-corrected chi connectivity index (χ3v) is 8.03. The van der Waals surface area contributed by atoms with E-state index < -0.39 is 42.3 Å². The number of hydrogen-bond acceptors (Lipinski definition) is 5. The number of rotatable bonds is 7. The predicted octanol–water partition coefficient (Wildman–Crippen LogP) is 4.61. The minimum Gasteiger partial charge on any atom is -0.258 e. The highest BCUT2D eigenvalue weighted by Gasteiger charge is 2.47. The SMILES string of the molecule is O=[N+]([O-])c1ccccc1S(=O)(=O)N1CC[C@H](SC(F)(F)F)[C@H]1CCc1ccccc1. The largest absolute Gasteiger partial charge is 0.442 e. The molecule has 0 N–H and O–H groups in total. The number of sulfonamides is 1. The van der Waals surface area contributed by atoms with Crippen LogP contribution in [-0.4, -0.2) is 41.0 Å². The van der Waals surface area contributed by atoms with Gasteiger partial charge in [0.25, 0.3) is 5.69 Å². The fourth-order valence-electron chi connectivity index (χ4n) is 3.65. The fourth-order valence-corrected chi connectivity index (χ4v) is 6.60. The molecule has 162 valence electrons. The van der Waals surface area contributed by atoms with Gasteiger partial charge >= 0.3 is 5.51 Å². The molecule has 30 heavy (non-hydrogen) atoms. The molecule has 2 atom stereocenters. The molecule has 2 aromatic carbocycles. The molecule has 0 aliphatic carbocycles. The molecular formula is C19H19F3N2O4S2. The quantitative estimate of drug-likeness (QED) is 0.445. The minimum atomic E-state index is -4.51. The molecule has 1 aliphatic rings. The second kappa shape index (κ2) is 8.94. The Labute approximate surface area is 176 Å². The molecule has 0 bridgehead atoms. The molecule has 0 aromatic heterocycles. The Morgan fingerprint density at radius 2 is 1.73 bits per heavy atom. The Balaban J connectivity index is 1.93. The zero-order chi connectivity index (χ0) is 21.9. The van der Waals surface area contributed by atoms with Crippen LogP contribution in [0.25, 0.3) is 0 Å². The van der Waals surface area contributed by atoms with E-state index in [-0.39, 0.29) is 31.1 Å². The summed E-state index contributed by atoms with van der Waals surface area (Å²) in [6.07, 6.45) is 0.588. The summed E-state index contributed by atoms with van der Waals surface area (Å²) in [5.41, 5.74) is -4.22. The van der Waals surface area contributed by atoms with Crippen LogP contribution in [-0.2, 0) is 16.4 Å². The van der Waals surface area contributed by atoms with Gasteiger partial charge in [-0.3, -0.25) is 10.1 Å². The first-order valence-electron chi connectivity index (χ1n) is 9.13. The Kier molecular flexibility index (Phi) is 6.73. The topological polar surface area (TPSA) is 80.5 Å². The van der Waals surface area contributed by atoms with E-state index in [0.29, 0.717) is 6.42 Å². The van der Waals surface area contributed by atoms with Crippen molar-refractivity contribution in [1.82, 2.24) is 4.31 Å². The Bertz CT molecular complexity index is 1000. The van der Waals surface area contributed by atoms with E-state index >= 15 is 0 Å². The van der Waals surface area contributed by atoms with Crippen LogP contribution in [0.2, 0.25) is 0 Å². The van der Waals surface area contributed by atoms with Crippen molar-refractivity contribution < 1.29 is 26.5 Å². The van der Waals surface area contributed by atoms with E-state index in [2.05, 4.69) is 0 Å². The number of thioether (sulfide) groups is 1. The van der Waals surface area contributed by atoms with E-state index in [1.807, 2.05) is 18.2 Å². The number of hydrogen-bond donors (Lipinski definition) is 0. The summed E-state index contributed by atoms with van der Waals surface area (Å²) in [6, 6.07) is 13.0. The molecular weight excluding hydrogens is 441 g/mol. The molecule has 0 radical (unpaired) electrons. The maximum Gasteiger partial charge on any atom is 0.442 e. The second-order valence-corrected chi connectivity index (χ2v) is 9.99. The van der Waals surface area contributed by atoms with Crippen LogP contribution >= 0.6 is 11.8 Å². The maximum absolute atomic E-state index is 13.2. The summed E-state index contributed by atoms with van der Waals surface area (Å²) < 4.78 is 66.6. The molecule has 1 saturated heterocycles. The highest BCUT2D eigenvalue weighted by Crippen LogP contribution is 2.43. The summed E-state index contributed by atoms with van der Waals surface area (Å²) in [5, 5.41) is 10.3. The van der Waals surface area contributed by atoms with Crippen molar-refractivity contribution in [3.63, 3.8) is 0 Å². The lowest BCUT2D eigenvalue weighted by atomic mass is 10.0. The number of aryl methyl sites for hydroxylation is 1. The van der Waals surface area contributed by atoms with Crippen molar-refractivity contribution in [3.8, 4) is 0 Å². The first-order valence-corrected chi connectivity index (χ1v) is 11.5. The van der Waals surface area contributed by atoms with Gasteiger partial charge in [0, 0.05) is 23.9 Å². The average molecular weight is 460 g/mol. The molecule has 3 rings (SSSR count). The van der Waals surface area contributed by atoms with Crippen LogP contribution in [0.3, 0.4) is 0 Å². The van der Waals surface area contributed by atoms with Crippen molar-refractivity contribution >= 4 is 27.5 Å². The fraction of sp³-hybridized carbons (Fsp3) is 0.368. The maximum atomic E-state index is 13.2. The lowest BCUT2D eigenvalue weighted by molar-refractivity contribution is -0.387. The molecule has 0 saturated carbocycles. The molecule has 2 aromatic rings. The number of alkyl halides is 3. The third-order valence-electron chi connectivity index (χ3n) is 4.94. The van der Waals surface area contributed by atoms with Crippen LogP contribution in [0.5, 0.6) is 0 Å². The normalized spacial score (nSPS) is 20.4. The smallest absolute Gasteiger partial charge is 0.258 e. The first-order chi connectivity index (χ1) is 14.1. The van der Waals surface area contributed by atoms with Crippen LogP contribution in [0, 0.1) is 10.1 Å². The van der Waals surface area contributed by atoms with Crippen molar-refractivity contribution in [2.75, 3.05) is 6.54 Å². The molecule has 0 spiro atoms. The molecule has 1 aliphatic heterocycles. The number of para-hydroxylation sites is 1. The Morgan fingerprint density at radius 3 is 2.37 bits per heavy atom. The molecule has 1 heterocycles. The van der Waals surface area contributed by atoms with Gasteiger partial charge in [0.05, 0.1) is 4.92 Å². The van der Waals surface area contributed by atoms with Gasteiger partial charge < -0.3 is 0 Å². The van der Waals surface area contributed by atoms with Gasteiger partial charge in [0.2, 0.25) is 10.0 Å². The van der Waals surface area contributed by atoms with Gasteiger partial charge in [-0.25, -0.2) is 8.42 Å². The second-order valence-electron chi connectivity index (χ2n) is 6.82. The first kappa shape index (κ1) is 22.6. The van der Waals surface area contributed by atoms with Crippen molar-refractivity contribution in [2.24, 2.45) is 0 Å². The number of benzene rings is 2. The molecule has 1 fully saturated rings. The van der Waals surface area contributed by atoms with Gasteiger partial charge in [0.15, 0.2) is 4.90 Å². The summed E-state index contributed by atoms with van der Waals surface area (Å²) in [6.45, 7) is -0.123. The average Bonchev–Trinajstić information content (AvgIpc) is 3.08. The van der Waals surface area contributed by atoms with Crippen molar-refractivity contribution in [3.05, 3.63) is 70.3 Å². The Hall–Kier alpha value is -2.11. The van der Waals surface area contributed by atoms with Gasteiger partial charge in [-0.1, -0.05) is 42.5 Å². The van der Waals surface area contributed by atoms with Gasteiger partial charge in [-0.15, -0.1) is 0 Å². The van der Waals surface area contributed by atoms with Gasteiger partial charge in [0.1, 0.15) is 0 Å². The summed E-state index contributed by atoms with van der Waals surface area (Å²) in [4.78, 5) is 9.99. The van der Waals surface area contributed by atoms with Crippen LogP contribution in [0.15, 0.2) is 59.5 Å². The number of nitro benzene ring substituents is 1. The lowest BCUT2D eigenvalue weighted by Crippen LogP contribution is -2.40. The standard InChI is InChI=1S/C19H19F3N2O4S2/c20-19(21,22)29-17-12-13-23(15(17)11-10-14-6-2-1-3-7-14)30(27,28)18-9-5-4-8-16(18)24(25)26/h1-9,15,17H,10-13H2/t15-,17+/m1/s1. The number of nitrogens with zero attached hydrogens (tertiary/aromatic N) is 2. The van der Waals surface area contributed by atoms with Crippen molar-refractivity contribution in [1.29, 1.82) is 0 Å². The summed E-state index contributed by atoms with van der Waals surface area (Å²) in [7, 11) is -4.35. The number of halogens is 3. The highest BCUT2D eigenvalue weighted by atomic mass is 32.2. The van der Waals surface area contributed by atoms with Crippen molar-refractivity contribution in [2.45, 2.75) is 41.0 Å². The molecule has 0 amide bonds. The zero-order valence-electron chi connectivity index (χ0n) is 15.7. The van der Waals surface area contributed by atoms with Gasteiger partial charge in [-0.2, -0.15) is 17.5 Å². The van der Waals surface area contributed by atoms with E-state index in [9.17, 15) is 31.7 Å². The van der Waals surface area contributed by atoms with Crippen LogP contribution in [0.4, 0.5) is 18.9 Å². The van der Waals surface area contributed by atoms with Gasteiger partial charge in [-0.05, 0) is 42.7 Å². The van der Waals surface area contributed by atoms with E-state index in [1.54, 1.807) is 12.1 Å². The van der Waals surface area contributed by atoms with Crippen LogP contribution in [0.1, 0.15) is 18.4 Å². The Morgan fingerprint density at radius 1 is 1.10 bits per heavy atom. The summed E-state index contributed by atoms with van der Waals surface area (Å²) in [5.74, 6) is 0. The van der Waals surface area contributed by atoms with E-state index in [4.69, 9.17) is 0 Å². The van der Waals surface area contributed by atoms with E-state index in [0.717, 1.165) is 22.0 Å². The summed E-state index contributed by atoms with van der Waals surface area (Å²) >= 11 is -0.207. The lowest BCUT2D eigenvalue weighted by Gasteiger charge is -2.28. The zero-order valence-corrected chi connectivity index (χ0v) is 17.3. The predicted molar refractivity (Wildman–Crippen MR) is 108 cm³/mol. The third kappa shape index (κ3) is 5.13. The van der Waals surface area contributed by atoms with E-state index in [1.165, 1.54) is 12.1 Å². The molecule has 0 unspecified atom stereocenters. The van der Waals surface area contributed by atoms with Crippen LogP contribution < -0.4 is 0 Å². The molecule has 6 nitrogen and oxygen atoms in total. The highest BCUT2D eigenvalue weighted by molar-refractivity contribution is 8.00. The molecule has 11 heteroatoms. The monoisotopic (exact) mass is 460 g/mol. The minimum absolute atomic E-state index is 0.0174.